The summed E-state index contributed by atoms with van der Waals surface area (Å²) in [6, 6.07) is 4.69. The lowest BCUT2D eigenvalue weighted by Gasteiger charge is -2.45. The largest absolute Gasteiger partial charge is 0.495 e. The van der Waals surface area contributed by atoms with E-state index in [1.54, 1.807) is 18.2 Å². The molecule has 2 N–H and O–H groups in total. The van der Waals surface area contributed by atoms with Crippen LogP contribution < -0.4 is 20.3 Å². The van der Waals surface area contributed by atoms with Gasteiger partial charge in [0.05, 0.1) is 12.8 Å². The first-order valence-corrected chi connectivity index (χ1v) is 10.3. The van der Waals surface area contributed by atoms with Crippen LogP contribution in [0.1, 0.15) is 42.5 Å². The molecule has 0 aliphatic carbocycles. The Bertz CT molecular complexity index is 813. The van der Waals surface area contributed by atoms with Crippen molar-refractivity contribution in [2.24, 2.45) is 5.41 Å². The van der Waals surface area contributed by atoms with Crippen molar-refractivity contribution in [3.05, 3.63) is 23.8 Å². The fourth-order valence-electron chi connectivity index (χ4n) is 4.76. The second-order valence-corrected chi connectivity index (χ2v) is 8.22. The second-order valence-electron chi connectivity index (χ2n) is 8.22. The van der Waals surface area contributed by atoms with E-state index in [1.807, 2.05) is 4.90 Å². The molecule has 156 valence electrons. The van der Waals surface area contributed by atoms with Gasteiger partial charge in [-0.05, 0) is 62.4 Å². The number of methoxy groups -OCH3 is 1. The summed E-state index contributed by atoms with van der Waals surface area (Å²) < 4.78 is 5.41. The number of carbonyl (C=O) groups excluding carboxylic acids is 3. The van der Waals surface area contributed by atoms with Gasteiger partial charge in [0.15, 0.2) is 0 Å². The molecule has 0 saturated carbocycles. The van der Waals surface area contributed by atoms with Gasteiger partial charge in [0.25, 0.3) is 5.91 Å². The molecular weight excluding hydrogens is 372 g/mol. The van der Waals surface area contributed by atoms with E-state index in [9.17, 15) is 14.4 Å². The number of anilines is 1. The zero-order valence-electron chi connectivity index (χ0n) is 16.8. The van der Waals surface area contributed by atoms with Crippen molar-refractivity contribution in [2.75, 3.05) is 44.7 Å². The topological polar surface area (TPSA) is 91.0 Å². The first-order valence-electron chi connectivity index (χ1n) is 10.3. The van der Waals surface area contributed by atoms with E-state index in [-0.39, 0.29) is 30.2 Å². The van der Waals surface area contributed by atoms with Crippen LogP contribution in [0.2, 0.25) is 0 Å². The number of piperidine rings is 2. The summed E-state index contributed by atoms with van der Waals surface area (Å²) in [4.78, 5) is 40.5. The number of hydrogen-bond acceptors (Lipinski definition) is 5. The van der Waals surface area contributed by atoms with Crippen molar-refractivity contribution >= 4 is 23.5 Å². The highest BCUT2D eigenvalue weighted by Crippen LogP contribution is 2.39. The highest BCUT2D eigenvalue weighted by atomic mass is 16.5. The zero-order chi connectivity index (χ0) is 20.4. The number of nitrogens with zero attached hydrogens (tertiary/aromatic N) is 2. The fraction of sp³-hybridized carbons (Fsp3) is 0.571. The average Bonchev–Trinajstić information content (AvgIpc) is 2.73. The fourth-order valence-corrected chi connectivity index (χ4v) is 4.76. The predicted octanol–water partition coefficient (Wildman–Crippen LogP) is 1.75. The molecule has 4 amide bonds. The Morgan fingerprint density at radius 3 is 2.66 bits per heavy atom. The first kappa shape index (κ1) is 19.7. The predicted molar refractivity (Wildman–Crippen MR) is 108 cm³/mol. The van der Waals surface area contributed by atoms with Gasteiger partial charge in [0.2, 0.25) is 5.91 Å². The molecule has 8 heteroatoms. The standard InChI is InChI=1S/C21H28N4O4/c1-29-17-4-3-15(13-16(17)25-12-5-18(26)23-20(25)28)19(27)24-11-2-6-21(14-24)7-9-22-10-8-21/h3-4,13,22H,2,5-12,14H2,1H3,(H,23,26,28). The third-order valence-corrected chi connectivity index (χ3v) is 6.38. The second kappa shape index (κ2) is 8.02. The number of imide groups is 1. The summed E-state index contributed by atoms with van der Waals surface area (Å²) >= 11 is 0. The normalized spacial score (nSPS) is 21.8. The zero-order valence-corrected chi connectivity index (χ0v) is 16.8. The van der Waals surface area contributed by atoms with E-state index >= 15 is 0 Å². The molecule has 0 bridgehead atoms. The molecule has 1 aromatic rings. The highest BCUT2D eigenvalue weighted by Gasteiger charge is 2.38. The van der Waals surface area contributed by atoms with Gasteiger partial charge in [-0.2, -0.15) is 0 Å². The van der Waals surface area contributed by atoms with Crippen molar-refractivity contribution in [3.63, 3.8) is 0 Å². The number of urea groups is 1. The minimum absolute atomic E-state index is 0.0139. The van der Waals surface area contributed by atoms with Crippen molar-refractivity contribution in [2.45, 2.75) is 32.1 Å². The van der Waals surface area contributed by atoms with Crippen LogP contribution in [0.25, 0.3) is 0 Å². The Morgan fingerprint density at radius 2 is 1.93 bits per heavy atom. The summed E-state index contributed by atoms with van der Waals surface area (Å²) in [6.45, 7) is 3.83. The van der Waals surface area contributed by atoms with E-state index in [4.69, 9.17) is 4.74 Å². The average molecular weight is 400 g/mol. The minimum atomic E-state index is -0.490. The van der Waals surface area contributed by atoms with Crippen LogP contribution in [-0.2, 0) is 4.79 Å². The molecule has 3 saturated heterocycles. The summed E-state index contributed by atoms with van der Waals surface area (Å²) in [6.07, 6.45) is 4.62. The molecule has 1 aromatic carbocycles. The number of benzene rings is 1. The molecule has 0 unspecified atom stereocenters. The van der Waals surface area contributed by atoms with Gasteiger partial charge in [-0.1, -0.05) is 0 Å². The number of rotatable bonds is 3. The lowest BCUT2D eigenvalue weighted by molar-refractivity contribution is -0.120. The van der Waals surface area contributed by atoms with Crippen molar-refractivity contribution in [1.82, 2.24) is 15.5 Å². The Kier molecular flexibility index (Phi) is 5.45. The highest BCUT2D eigenvalue weighted by molar-refractivity contribution is 6.07. The van der Waals surface area contributed by atoms with E-state index in [0.717, 1.165) is 45.4 Å². The molecule has 0 aromatic heterocycles. The smallest absolute Gasteiger partial charge is 0.328 e. The van der Waals surface area contributed by atoms with Gasteiger partial charge in [-0.25, -0.2) is 4.79 Å². The lowest BCUT2D eigenvalue weighted by atomic mass is 9.73. The quantitative estimate of drug-likeness (QED) is 0.807. The van der Waals surface area contributed by atoms with Gasteiger partial charge < -0.3 is 15.0 Å². The summed E-state index contributed by atoms with van der Waals surface area (Å²) in [7, 11) is 1.53. The number of amides is 4. The van der Waals surface area contributed by atoms with E-state index < -0.39 is 6.03 Å². The maximum atomic E-state index is 13.3. The third-order valence-electron chi connectivity index (χ3n) is 6.38. The van der Waals surface area contributed by atoms with Gasteiger partial charge in [0.1, 0.15) is 5.75 Å². The summed E-state index contributed by atoms with van der Waals surface area (Å²) in [5.74, 6) is 0.192. The molecule has 3 fully saturated rings. The van der Waals surface area contributed by atoms with Gasteiger partial charge in [-0.15, -0.1) is 0 Å². The van der Waals surface area contributed by atoms with Gasteiger partial charge in [-0.3, -0.25) is 19.8 Å². The van der Waals surface area contributed by atoms with Gasteiger partial charge in [0, 0.05) is 31.6 Å². The first-order chi connectivity index (χ1) is 14.0. The van der Waals surface area contributed by atoms with Crippen molar-refractivity contribution in [3.8, 4) is 5.75 Å². The van der Waals surface area contributed by atoms with Crippen molar-refractivity contribution in [1.29, 1.82) is 0 Å². The van der Waals surface area contributed by atoms with Crippen LogP contribution in [-0.4, -0.2) is 62.6 Å². The maximum absolute atomic E-state index is 13.3. The Morgan fingerprint density at radius 1 is 1.14 bits per heavy atom. The molecule has 0 atom stereocenters. The monoisotopic (exact) mass is 400 g/mol. The number of ether oxygens (including phenoxy) is 1. The minimum Gasteiger partial charge on any atom is -0.495 e. The third kappa shape index (κ3) is 3.94. The van der Waals surface area contributed by atoms with Crippen LogP contribution in [0.4, 0.5) is 10.5 Å². The molecule has 29 heavy (non-hydrogen) atoms. The van der Waals surface area contributed by atoms with Crippen LogP contribution in [0.15, 0.2) is 18.2 Å². The summed E-state index contributed by atoms with van der Waals surface area (Å²) in [5.41, 5.74) is 1.27. The molecular formula is C21H28N4O4. The molecule has 4 rings (SSSR count). The van der Waals surface area contributed by atoms with Gasteiger partial charge >= 0.3 is 6.03 Å². The van der Waals surface area contributed by atoms with Crippen LogP contribution in [0.5, 0.6) is 5.75 Å². The van der Waals surface area contributed by atoms with Crippen molar-refractivity contribution < 1.29 is 19.1 Å². The maximum Gasteiger partial charge on any atom is 0.328 e. The molecule has 3 aliphatic heterocycles. The van der Waals surface area contributed by atoms with E-state index in [0.29, 0.717) is 17.0 Å². The summed E-state index contributed by atoms with van der Waals surface area (Å²) in [5, 5.41) is 5.73. The Hall–Kier alpha value is -2.61. The van der Waals surface area contributed by atoms with Crippen LogP contribution in [0.3, 0.4) is 0 Å². The molecule has 3 aliphatic rings. The Balaban J connectivity index is 1.57. The number of nitrogens with one attached hydrogen (secondary N) is 2. The number of likely N-dealkylation sites (tertiary alicyclic amines) is 1. The molecule has 8 nitrogen and oxygen atoms in total. The number of hydrogen-bond donors (Lipinski definition) is 2. The Labute approximate surface area is 170 Å². The molecule has 3 heterocycles. The van der Waals surface area contributed by atoms with E-state index in [2.05, 4.69) is 10.6 Å². The molecule has 0 radical (unpaired) electrons. The number of carbonyl (C=O) groups is 3. The van der Waals surface area contributed by atoms with Crippen LogP contribution >= 0.6 is 0 Å². The van der Waals surface area contributed by atoms with Crippen LogP contribution in [0, 0.1) is 5.41 Å². The SMILES string of the molecule is COc1ccc(C(=O)N2CCCC3(CCNCC3)C2)cc1N1CCC(=O)NC1=O. The van der Waals surface area contributed by atoms with E-state index in [1.165, 1.54) is 18.4 Å². The molecule has 1 spiro atoms. The lowest BCUT2D eigenvalue weighted by Crippen LogP contribution is -2.50.